The second-order valence-electron chi connectivity index (χ2n) is 8.71. The summed E-state index contributed by atoms with van der Waals surface area (Å²) >= 11 is 0. The molecule has 0 radical (unpaired) electrons. The van der Waals surface area contributed by atoms with Gasteiger partial charge in [0, 0.05) is 13.1 Å². The molecule has 3 fully saturated rings. The molecule has 2 aromatic rings. The molecular formula is C22H26N4O4. The Balaban J connectivity index is 1.32. The molecule has 2 unspecified atom stereocenters. The molecule has 1 N–H and O–H groups in total. The molecular weight excluding hydrogens is 384 g/mol. The maximum Gasteiger partial charge on any atom is 0.325 e. The summed E-state index contributed by atoms with van der Waals surface area (Å²) in [7, 11) is 0. The number of aromatic nitrogens is 1. The molecule has 8 nitrogen and oxygen atoms in total. The van der Waals surface area contributed by atoms with Crippen LogP contribution in [0, 0.1) is 0 Å². The molecule has 3 heterocycles. The van der Waals surface area contributed by atoms with Gasteiger partial charge >= 0.3 is 6.03 Å². The van der Waals surface area contributed by atoms with Gasteiger partial charge in [-0.3, -0.25) is 9.59 Å². The zero-order valence-electron chi connectivity index (χ0n) is 17.1. The van der Waals surface area contributed by atoms with Crippen LogP contribution in [0.3, 0.4) is 0 Å². The largest absolute Gasteiger partial charge is 0.440 e. The summed E-state index contributed by atoms with van der Waals surface area (Å²) in [6, 6.07) is 6.35. The van der Waals surface area contributed by atoms with Crippen molar-refractivity contribution >= 4 is 28.9 Å². The smallest absolute Gasteiger partial charge is 0.325 e. The molecule has 1 spiro atoms. The molecule has 3 aliphatic rings. The Morgan fingerprint density at radius 1 is 1.23 bits per heavy atom. The number of nitrogens with one attached hydrogen (secondary N) is 1. The lowest BCUT2D eigenvalue weighted by molar-refractivity contribution is -0.143. The van der Waals surface area contributed by atoms with Crippen molar-refractivity contribution in [2.45, 2.75) is 62.9 Å². The molecule has 2 saturated heterocycles. The number of fused-ring (bicyclic) bond motifs is 1. The van der Waals surface area contributed by atoms with Crippen LogP contribution in [0.25, 0.3) is 11.1 Å². The Bertz CT molecular complexity index is 976. The number of likely N-dealkylation sites (tertiary alicyclic amines) is 1. The Morgan fingerprint density at radius 3 is 2.77 bits per heavy atom. The fourth-order valence-corrected chi connectivity index (χ4v) is 5.13. The average molecular weight is 410 g/mol. The Kier molecular flexibility index (Phi) is 4.52. The normalized spacial score (nSPS) is 24.6. The number of hydrogen-bond acceptors (Lipinski definition) is 5. The van der Waals surface area contributed by atoms with E-state index in [4.69, 9.17) is 4.42 Å². The first kappa shape index (κ1) is 19.1. The van der Waals surface area contributed by atoms with Gasteiger partial charge in [-0.05, 0) is 44.7 Å². The van der Waals surface area contributed by atoms with Gasteiger partial charge in [0.2, 0.25) is 5.91 Å². The summed E-state index contributed by atoms with van der Waals surface area (Å²) in [6.45, 7) is 2.73. The van der Waals surface area contributed by atoms with Gasteiger partial charge in [0.15, 0.2) is 11.5 Å². The summed E-state index contributed by atoms with van der Waals surface area (Å²) in [4.78, 5) is 46.3. The van der Waals surface area contributed by atoms with Gasteiger partial charge in [0.1, 0.15) is 17.1 Å². The second kappa shape index (κ2) is 7.11. The fourth-order valence-electron chi connectivity index (χ4n) is 5.13. The highest BCUT2D eigenvalue weighted by atomic mass is 16.3. The van der Waals surface area contributed by atoms with E-state index >= 15 is 0 Å². The van der Waals surface area contributed by atoms with Crippen molar-refractivity contribution in [3.63, 3.8) is 0 Å². The van der Waals surface area contributed by atoms with E-state index in [1.807, 2.05) is 24.3 Å². The highest BCUT2D eigenvalue weighted by Gasteiger charge is 2.55. The second-order valence-corrected chi connectivity index (χ2v) is 8.71. The van der Waals surface area contributed by atoms with Gasteiger partial charge in [-0.2, -0.15) is 0 Å². The zero-order chi connectivity index (χ0) is 20.9. The minimum Gasteiger partial charge on any atom is -0.440 e. The monoisotopic (exact) mass is 410 g/mol. The number of benzene rings is 1. The van der Waals surface area contributed by atoms with Crippen molar-refractivity contribution in [3.8, 4) is 0 Å². The van der Waals surface area contributed by atoms with Crippen molar-refractivity contribution in [2.24, 2.45) is 0 Å². The van der Waals surface area contributed by atoms with E-state index in [-0.39, 0.29) is 17.7 Å². The summed E-state index contributed by atoms with van der Waals surface area (Å²) < 4.78 is 5.92. The highest BCUT2D eigenvalue weighted by molar-refractivity contribution is 6.10. The standard InChI is InChI=1S/C22H26N4O4/c1-14(26-20(28)22(24-21(26)29)10-4-5-11-22)19(27)25-12-6-7-15(13-25)18-23-16-8-2-3-9-17(16)30-18/h2-3,8-9,14-15H,4-7,10-13H2,1H3,(H,24,29). The van der Waals surface area contributed by atoms with Crippen molar-refractivity contribution in [3.05, 3.63) is 30.2 Å². The van der Waals surface area contributed by atoms with Crippen LogP contribution in [0.2, 0.25) is 0 Å². The Hall–Kier alpha value is -2.90. The average Bonchev–Trinajstić information content (AvgIpc) is 3.46. The van der Waals surface area contributed by atoms with E-state index in [9.17, 15) is 14.4 Å². The molecule has 1 aliphatic carbocycles. The first-order valence-corrected chi connectivity index (χ1v) is 10.8. The van der Waals surface area contributed by atoms with Crippen LogP contribution >= 0.6 is 0 Å². The lowest BCUT2D eigenvalue weighted by Crippen LogP contribution is -2.52. The quantitative estimate of drug-likeness (QED) is 0.785. The molecule has 4 amide bonds. The molecule has 30 heavy (non-hydrogen) atoms. The summed E-state index contributed by atoms with van der Waals surface area (Å²) in [5, 5.41) is 2.86. The Morgan fingerprint density at radius 2 is 2.00 bits per heavy atom. The number of piperidine rings is 1. The SMILES string of the molecule is CC(C(=O)N1CCCC(c2nc3ccccc3o2)C1)N1C(=O)NC2(CCCC2)C1=O. The number of amides is 4. The van der Waals surface area contributed by atoms with E-state index in [2.05, 4.69) is 10.3 Å². The van der Waals surface area contributed by atoms with Crippen molar-refractivity contribution in [1.82, 2.24) is 20.1 Å². The maximum atomic E-state index is 13.2. The molecule has 0 bridgehead atoms. The minimum absolute atomic E-state index is 0.00609. The van der Waals surface area contributed by atoms with Crippen LogP contribution < -0.4 is 5.32 Å². The van der Waals surface area contributed by atoms with E-state index < -0.39 is 17.6 Å². The third-order valence-electron chi connectivity index (χ3n) is 6.79. The molecule has 1 saturated carbocycles. The van der Waals surface area contributed by atoms with E-state index in [1.54, 1.807) is 11.8 Å². The number of imide groups is 1. The molecule has 5 rings (SSSR count). The van der Waals surface area contributed by atoms with Crippen molar-refractivity contribution in [2.75, 3.05) is 13.1 Å². The van der Waals surface area contributed by atoms with Crippen LogP contribution in [-0.2, 0) is 9.59 Å². The predicted molar refractivity (Wildman–Crippen MR) is 109 cm³/mol. The van der Waals surface area contributed by atoms with Gasteiger partial charge in [-0.1, -0.05) is 25.0 Å². The van der Waals surface area contributed by atoms with Gasteiger partial charge in [-0.15, -0.1) is 0 Å². The molecule has 1 aromatic heterocycles. The maximum absolute atomic E-state index is 13.2. The number of urea groups is 1. The van der Waals surface area contributed by atoms with Gasteiger partial charge in [0.05, 0.1) is 5.92 Å². The van der Waals surface area contributed by atoms with Gasteiger partial charge in [0.25, 0.3) is 5.91 Å². The number of carbonyl (C=O) groups excluding carboxylic acids is 3. The zero-order valence-corrected chi connectivity index (χ0v) is 17.1. The topological polar surface area (TPSA) is 95.8 Å². The molecule has 8 heteroatoms. The number of nitrogens with zero attached hydrogens (tertiary/aromatic N) is 3. The summed E-state index contributed by atoms with van der Waals surface area (Å²) in [6.07, 6.45) is 4.85. The lowest BCUT2D eigenvalue weighted by Gasteiger charge is -2.34. The molecule has 2 atom stereocenters. The van der Waals surface area contributed by atoms with E-state index in [1.165, 1.54) is 0 Å². The molecule has 1 aromatic carbocycles. The lowest BCUT2D eigenvalue weighted by atomic mass is 9.96. The molecule has 2 aliphatic heterocycles. The number of carbonyl (C=O) groups is 3. The van der Waals surface area contributed by atoms with Crippen molar-refractivity contribution in [1.29, 1.82) is 0 Å². The summed E-state index contributed by atoms with van der Waals surface area (Å²) in [5.74, 6) is 0.195. The van der Waals surface area contributed by atoms with Crippen LogP contribution in [0.15, 0.2) is 28.7 Å². The first-order chi connectivity index (χ1) is 14.5. The third kappa shape index (κ3) is 2.97. The molecule has 158 valence electrons. The highest BCUT2D eigenvalue weighted by Crippen LogP contribution is 2.36. The third-order valence-corrected chi connectivity index (χ3v) is 6.79. The fraction of sp³-hybridized carbons (Fsp3) is 0.545. The van der Waals surface area contributed by atoms with Crippen molar-refractivity contribution < 1.29 is 18.8 Å². The number of oxazole rings is 1. The van der Waals surface area contributed by atoms with Gasteiger partial charge < -0.3 is 14.6 Å². The van der Waals surface area contributed by atoms with Crippen LogP contribution in [0.1, 0.15) is 57.3 Å². The predicted octanol–water partition coefficient (Wildman–Crippen LogP) is 2.79. The summed E-state index contributed by atoms with van der Waals surface area (Å²) in [5.41, 5.74) is 0.755. The van der Waals surface area contributed by atoms with Crippen LogP contribution in [0.4, 0.5) is 4.79 Å². The number of para-hydroxylation sites is 2. The van der Waals surface area contributed by atoms with E-state index in [0.717, 1.165) is 41.7 Å². The van der Waals surface area contributed by atoms with Crippen LogP contribution in [0.5, 0.6) is 0 Å². The number of rotatable bonds is 3. The van der Waals surface area contributed by atoms with E-state index in [0.29, 0.717) is 31.8 Å². The van der Waals surface area contributed by atoms with Crippen LogP contribution in [-0.4, -0.2) is 57.3 Å². The number of hydrogen-bond donors (Lipinski definition) is 1. The minimum atomic E-state index is -0.820. The first-order valence-electron chi connectivity index (χ1n) is 10.8. The Labute approximate surface area is 174 Å². The van der Waals surface area contributed by atoms with Gasteiger partial charge in [-0.25, -0.2) is 14.7 Å².